The topological polar surface area (TPSA) is 20.3 Å². The molecule has 1 aromatic carbocycles. The second-order valence-electron chi connectivity index (χ2n) is 5.99. The molecule has 0 aliphatic carbocycles. The van der Waals surface area contributed by atoms with Crippen LogP contribution in [0.4, 0.5) is 58.4 Å². The molecule has 0 bridgehead atoms. The Morgan fingerprint density at radius 2 is 1.10 bits per heavy atom. The molecule has 0 aliphatic heterocycles. The fourth-order valence-electron chi connectivity index (χ4n) is 2.03. The van der Waals surface area contributed by atoms with Crippen molar-refractivity contribution in [3.05, 3.63) is 29.8 Å². The van der Waals surface area contributed by atoms with Crippen LogP contribution >= 0.6 is 22.6 Å². The van der Waals surface area contributed by atoms with E-state index in [0.29, 0.717) is 12.1 Å². The number of carbonyl (C=O) groups excluding carboxylic acids is 1. The van der Waals surface area contributed by atoms with Crippen LogP contribution in [0.25, 0.3) is 0 Å². The lowest BCUT2D eigenvalue weighted by Gasteiger charge is -2.40. The minimum atomic E-state index is -7.61. The van der Waals surface area contributed by atoms with Crippen molar-refractivity contribution in [2.45, 2.75) is 40.5 Å². The summed E-state index contributed by atoms with van der Waals surface area (Å²) in [7, 11) is 1.12. The van der Waals surface area contributed by atoms with Crippen LogP contribution in [0.2, 0.25) is 0 Å². The average molecular weight is 575 g/mol. The molecule has 0 radical (unpaired) electrons. The summed E-state index contributed by atoms with van der Waals surface area (Å²) in [5.74, 6) is -36.4. The first-order chi connectivity index (χ1) is 13.1. The Hall–Kier alpha value is -1.42. The minimum Gasteiger partial charge on any atom is -0.316 e. The van der Waals surface area contributed by atoms with Crippen molar-refractivity contribution in [2.75, 3.05) is 11.9 Å². The van der Waals surface area contributed by atoms with Crippen molar-refractivity contribution in [2.24, 2.45) is 0 Å². The maximum absolute atomic E-state index is 14.1. The molecule has 0 aromatic heterocycles. The van der Waals surface area contributed by atoms with Gasteiger partial charge in [-0.3, -0.25) is 4.79 Å². The molecule has 0 aliphatic rings. The van der Waals surface area contributed by atoms with Crippen LogP contribution < -0.4 is 4.90 Å². The zero-order valence-corrected chi connectivity index (χ0v) is 16.7. The summed E-state index contributed by atoms with van der Waals surface area (Å²) in [4.78, 5) is 12.0. The van der Waals surface area contributed by atoms with Gasteiger partial charge in [0.2, 0.25) is 5.91 Å². The highest BCUT2D eigenvalue weighted by Gasteiger charge is 2.89. The van der Waals surface area contributed by atoms with E-state index in [2.05, 4.69) is 0 Å². The lowest BCUT2D eigenvalue weighted by Crippen LogP contribution is -2.69. The van der Waals surface area contributed by atoms with Gasteiger partial charge in [0, 0.05) is 47.8 Å². The number of alkyl halides is 13. The van der Waals surface area contributed by atoms with Gasteiger partial charge >= 0.3 is 33.5 Å². The molecule has 1 rings (SSSR count). The van der Waals surface area contributed by atoms with Gasteiger partial charge in [-0.15, -0.1) is 0 Å². The summed E-state index contributed by atoms with van der Waals surface area (Å²) in [6, 6.07) is 1.24. The van der Waals surface area contributed by atoms with Crippen molar-refractivity contribution >= 4 is 34.2 Å². The smallest absolute Gasteiger partial charge is 0.316 e. The van der Waals surface area contributed by atoms with Crippen LogP contribution in [0.3, 0.4) is 0 Å². The molecule has 0 N–H and O–H groups in total. The van der Waals surface area contributed by atoms with E-state index in [-0.39, 0.29) is 17.8 Å². The van der Waals surface area contributed by atoms with Gasteiger partial charge in [0.1, 0.15) is 0 Å². The highest BCUT2D eigenvalue weighted by Crippen LogP contribution is 2.62. The van der Waals surface area contributed by atoms with Gasteiger partial charge < -0.3 is 4.90 Å². The molecule has 0 saturated carbocycles. The summed E-state index contributed by atoms with van der Waals surface area (Å²) >= 11 is -0.701. The van der Waals surface area contributed by atoms with E-state index in [1.54, 1.807) is 0 Å². The number of halogens is 13. The van der Waals surface area contributed by atoms with Crippen molar-refractivity contribution in [1.29, 1.82) is 0 Å². The molecular weight excluding hydrogens is 565 g/mol. The molecular formula is C15H10F12INO. The van der Waals surface area contributed by atoms with E-state index in [0.717, 1.165) is 18.9 Å². The summed E-state index contributed by atoms with van der Waals surface area (Å²) < 4.78 is 156. The highest BCUT2D eigenvalue weighted by molar-refractivity contribution is 14.1. The van der Waals surface area contributed by atoms with Gasteiger partial charge in [0.25, 0.3) is 0 Å². The SMILES string of the molecule is CC(=O)N(C)c1ccc(C(F)(F)C(F)(F)C(F)(F)C(F)(F)C(F)(F)C(F)(F)I)cc1. The number of carbonyl (C=O) groups is 1. The quantitative estimate of drug-likeness (QED) is 0.212. The van der Waals surface area contributed by atoms with Crippen molar-refractivity contribution in [1.82, 2.24) is 0 Å². The predicted molar refractivity (Wildman–Crippen MR) is 88.2 cm³/mol. The zero-order chi connectivity index (χ0) is 24.1. The maximum atomic E-state index is 14.1. The third kappa shape index (κ3) is 3.81. The lowest BCUT2D eigenvalue weighted by molar-refractivity contribution is -0.417. The Morgan fingerprint density at radius 1 is 0.733 bits per heavy atom. The first-order valence-corrected chi connectivity index (χ1v) is 8.46. The van der Waals surface area contributed by atoms with Gasteiger partial charge in [0.15, 0.2) is 0 Å². The fourth-order valence-corrected chi connectivity index (χ4v) is 2.37. The van der Waals surface area contributed by atoms with E-state index < -0.39 is 67.6 Å². The van der Waals surface area contributed by atoms with Crippen LogP contribution in [-0.4, -0.2) is 40.6 Å². The van der Waals surface area contributed by atoms with Gasteiger partial charge in [-0.05, 0) is 12.1 Å². The summed E-state index contributed by atoms with van der Waals surface area (Å²) in [6.45, 7) is 1.02. The monoisotopic (exact) mass is 575 g/mol. The lowest BCUT2D eigenvalue weighted by atomic mass is 9.91. The molecule has 0 saturated heterocycles. The number of rotatable bonds is 7. The molecule has 172 valence electrons. The molecule has 30 heavy (non-hydrogen) atoms. The van der Waals surface area contributed by atoms with Crippen molar-refractivity contribution in [3.63, 3.8) is 0 Å². The number of benzene rings is 1. The van der Waals surface area contributed by atoms with Crippen molar-refractivity contribution < 1.29 is 57.5 Å². The van der Waals surface area contributed by atoms with Gasteiger partial charge in [-0.25, -0.2) is 0 Å². The first kappa shape index (κ1) is 26.6. The maximum Gasteiger partial charge on any atom is 0.387 e. The standard InChI is InChI=1S/C15H10F12INO/c1-7(30)29(2)9-5-3-8(4-6-9)10(16,17)11(18,19)12(20,21)13(22,23)14(24,25)15(26,27)28/h3-6H,1-2H3. The number of hydrogen-bond donors (Lipinski definition) is 0. The second kappa shape index (κ2) is 7.62. The normalized spacial score (nSPS) is 14.6. The van der Waals surface area contributed by atoms with Crippen molar-refractivity contribution in [3.8, 4) is 0 Å². The van der Waals surface area contributed by atoms with Gasteiger partial charge in [0.05, 0.1) is 0 Å². The van der Waals surface area contributed by atoms with E-state index in [9.17, 15) is 57.5 Å². The number of hydrogen-bond acceptors (Lipinski definition) is 1. The molecule has 1 amide bonds. The molecule has 1 aromatic rings. The van der Waals surface area contributed by atoms with Crippen LogP contribution in [-0.2, 0) is 10.7 Å². The first-order valence-electron chi connectivity index (χ1n) is 7.38. The second-order valence-corrected chi connectivity index (χ2v) is 7.35. The number of anilines is 1. The summed E-state index contributed by atoms with van der Waals surface area (Å²) in [5, 5.41) is 0. The predicted octanol–water partition coefficient (Wildman–Crippen LogP) is 6.33. The van der Waals surface area contributed by atoms with E-state index in [1.807, 2.05) is 0 Å². The Kier molecular flexibility index (Phi) is 6.76. The highest BCUT2D eigenvalue weighted by atomic mass is 127. The van der Waals surface area contributed by atoms with Gasteiger partial charge in [-0.1, -0.05) is 12.1 Å². The molecule has 0 spiro atoms. The van der Waals surface area contributed by atoms with Crippen LogP contribution in [0.5, 0.6) is 0 Å². The summed E-state index contributed by atoms with van der Waals surface area (Å²) in [6.07, 6.45) is 0. The summed E-state index contributed by atoms with van der Waals surface area (Å²) in [5.41, 5.74) is -2.22. The molecule has 2 nitrogen and oxygen atoms in total. The molecule has 0 atom stereocenters. The van der Waals surface area contributed by atoms with Crippen LogP contribution in [0.1, 0.15) is 12.5 Å². The third-order valence-electron chi connectivity index (χ3n) is 4.02. The Morgan fingerprint density at radius 3 is 1.43 bits per heavy atom. The molecule has 0 heterocycles. The molecule has 0 fully saturated rings. The van der Waals surface area contributed by atoms with Gasteiger partial charge in [-0.2, -0.15) is 52.7 Å². The molecule has 0 unspecified atom stereocenters. The van der Waals surface area contributed by atoms with E-state index >= 15 is 0 Å². The Bertz CT molecular complexity index is 788. The zero-order valence-electron chi connectivity index (χ0n) is 14.6. The number of nitrogens with zero attached hydrogens (tertiary/aromatic N) is 1. The van der Waals surface area contributed by atoms with Crippen LogP contribution in [0, 0.1) is 0 Å². The average Bonchev–Trinajstić information content (AvgIpc) is 2.59. The minimum absolute atomic E-state index is 0.0575. The third-order valence-corrected chi connectivity index (χ3v) is 4.70. The van der Waals surface area contributed by atoms with E-state index in [1.165, 1.54) is 0 Å². The number of amides is 1. The Labute approximate surface area is 174 Å². The largest absolute Gasteiger partial charge is 0.387 e. The van der Waals surface area contributed by atoms with E-state index in [4.69, 9.17) is 0 Å². The molecule has 15 heteroatoms. The Balaban J connectivity index is 3.51. The van der Waals surface area contributed by atoms with Crippen LogP contribution in [0.15, 0.2) is 24.3 Å². The fraction of sp³-hybridized carbons (Fsp3) is 0.533.